The first-order chi connectivity index (χ1) is 9.88. The fourth-order valence-electron chi connectivity index (χ4n) is 6.60. The van der Waals surface area contributed by atoms with E-state index in [1.165, 1.54) is 12.0 Å². The van der Waals surface area contributed by atoms with Crippen molar-refractivity contribution >= 4 is 11.6 Å². The van der Waals surface area contributed by atoms with Gasteiger partial charge in [0.15, 0.2) is 5.78 Å². The first-order valence-electron chi connectivity index (χ1n) is 8.66. The lowest BCUT2D eigenvalue weighted by Gasteiger charge is -2.47. The van der Waals surface area contributed by atoms with E-state index in [2.05, 4.69) is 20.8 Å². The van der Waals surface area contributed by atoms with Crippen LogP contribution in [-0.2, 0) is 9.59 Å². The summed E-state index contributed by atoms with van der Waals surface area (Å²) < 4.78 is 0. The molecule has 4 aliphatic carbocycles. The summed E-state index contributed by atoms with van der Waals surface area (Å²) in [6, 6.07) is 0. The highest BCUT2D eigenvalue weighted by atomic mass is 16.1. The summed E-state index contributed by atoms with van der Waals surface area (Å²) in [6.45, 7) is 6.94. The van der Waals surface area contributed by atoms with Crippen molar-refractivity contribution in [1.82, 2.24) is 0 Å². The minimum atomic E-state index is -0.0656. The molecule has 0 spiro atoms. The molecule has 0 aliphatic heterocycles. The average molecular weight is 286 g/mol. The van der Waals surface area contributed by atoms with Gasteiger partial charge in [0.05, 0.1) is 0 Å². The van der Waals surface area contributed by atoms with Crippen LogP contribution in [0.5, 0.6) is 0 Å². The Hall–Kier alpha value is -0.920. The van der Waals surface area contributed by atoms with Crippen LogP contribution < -0.4 is 0 Å². The smallest absolute Gasteiger partial charge is 0.155 e. The summed E-state index contributed by atoms with van der Waals surface area (Å²) in [7, 11) is 0. The summed E-state index contributed by atoms with van der Waals surface area (Å²) in [5.74, 6) is 3.17. The second kappa shape index (κ2) is 4.08. The molecule has 0 N–H and O–H groups in total. The monoisotopic (exact) mass is 286 g/mol. The summed E-state index contributed by atoms with van der Waals surface area (Å²) in [6.07, 6.45) is 7.83. The quantitative estimate of drug-likeness (QED) is 0.676. The molecule has 0 unspecified atom stereocenters. The van der Waals surface area contributed by atoms with Gasteiger partial charge in [-0.25, -0.2) is 0 Å². The summed E-state index contributed by atoms with van der Waals surface area (Å²) in [4.78, 5) is 24.3. The van der Waals surface area contributed by atoms with Gasteiger partial charge < -0.3 is 0 Å². The van der Waals surface area contributed by atoms with Crippen LogP contribution in [0.2, 0.25) is 0 Å². The molecule has 3 fully saturated rings. The van der Waals surface area contributed by atoms with Crippen molar-refractivity contribution in [1.29, 1.82) is 0 Å². The largest absolute Gasteiger partial charge is 0.299 e. The first kappa shape index (κ1) is 13.7. The van der Waals surface area contributed by atoms with Gasteiger partial charge >= 0.3 is 0 Å². The van der Waals surface area contributed by atoms with Crippen molar-refractivity contribution in [3.63, 3.8) is 0 Å². The van der Waals surface area contributed by atoms with E-state index in [0.29, 0.717) is 35.2 Å². The molecule has 0 radical (unpaired) electrons. The van der Waals surface area contributed by atoms with Gasteiger partial charge in [-0.2, -0.15) is 0 Å². The van der Waals surface area contributed by atoms with Gasteiger partial charge in [0.2, 0.25) is 0 Å². The minimum Gasteiger partial charge on any atom is -0.299 e. The Balaban J connectivity index is 1.79. The molecule has 0 aromatic heterocycles. The maximum absolute atomic E-state index is 12.4. The molecule has 0 aromatic rings. The summed E-state index contributed by atoms with van der Waals surface area (Å²) >= 11 is 0. The number of fused-ring (bicyclic) bond motifs is 5. The van der Waals surface area contributed by atoms with Crippen LogP contribution in [0.4, 0.5) is 0 Å². The number of ketones is 2. The van der Waals surface area contributed by atoms with Crippen molar-refractivity contribution in [3.05, 3.63) is 11.6 Å². The molecule has 114 valence electrons. The second-order valence-electron chi connectivity index (χ2n) is 8.48. The number of allylic oxidation sites excluding steroid dienone is 2. The van der Waals surface area contributed by atoms with E-state index in [9.17, 15) is 9.59 Å². The Morgan fingerprint density at radius 3 is 2.48 bits per heavy atom. The lowest BCUT2D eigenvalue weighted by molar-refractivity contribution is -0.130. The maximum Gasteiger partial charge on any atom is 0.155 e. The Labute approximate surface area is 127 Å². The number of rotatable bonds is 0. The highest BCUT2D eigenvalue weighted by Gasteiger charge is 2.63. The predicted molar refractivity (Wildman–Crippen MR) is 81.6 cm³/mol. The Morgan fingerprint density at radius 1 is 1.00 bits per heavy atom. The van der Waals surface area contributed by atoms with Crippen molar-refractivity contribution < 1.29 is 9.59 Å². The maximum atomic E-state index is 12.4. The third-order valence-electron chi connectivity index (χ3n) is 7.79. The molecular formula is C19H26O2. The van der Waals surface area contributed by atoms with E-state index >= 15 is 0 Å². The Bertz CT molecular complexity index is 560. The number of carbonyl (C=O) groups excluding carboxylic acids is 2. The summed E-state index contributed by atoms with van der Waals surface area (Å²) in [5, 5.41) is 0. The Morgan fingerprint density at radius 2 is 1.71 bits per heavy atom. The number of hydrogen-bond donors (Lipinski definition) is 0. The molecule has 2 nitrogen and oxygen atoms in total. The summed E-state index contributed by atoms with van der Waals surface area (Å²) in [5.41, 5.74) is 1.58. The van der Waals surface area contributed by atoms with Crippen LogP contribution >= 0.6 is 0 Å². The zero-order valence-electron chi connectivity index (χ0n) is 13.4. The molecule has 3 saturated carbocycles. The van der Waals surface area contributed by atoms with E-state index in [1.807, 2.05) is 6.08 Å². The van der Waals surface area contributed by atoms with Crippen LogP contribution in [0, 0.1) is 34.5 Å². The molecule has 21 heavy (non-hydrogen) atoms. The van der Waals surface area contributed by atoms with E-state index in [1.54, 1.807) is 0 Å². The number of carbonyl (C=O) groups is 2. The third-order valence-corrected chi connectivity index (χ3v) is 7.79. The van der Waals surface area contributed by atoms with Gasteiger partial charge in [-0.1, -0.05) is 26.3 Å². The third kappa shape index (κ3) is 1.54. The van der Waals surface area contributed by atoms with Crippen LogP contribution in [0.25, 0.3) is 0 Å². The normalized spacial score (nSPS) is 52.2. The van der Waals surface area contributed by atoms with Gasteiger partial charge in [-0.3, -0.25) is 9.59 Å². The molecule has 6 atom stereocenters. The zero-order chi connectivity index (χ0) is 15.0. The van der Waals surface area contributed by atoms with Crippen LogP contribution in [0.3, 0.4) is 0 Å². The van der Waals surface area contributed by atoms with Crippen molar-refractivity contribution in [3.8, 4) is 0 Å². The van der Waals surface area contributed by atoms with Crippen molar-refractivity contribution in [2.45, 2.75) is 59.3 Å². The van der Waals surface area contributed by atoms with Crippen molar-refractivity contribution in [2.75, 3.05) is 0 Å². The van der Waals surface area contributed by atoms with Crippen LogP contribution in [0.15, 0.2) is 11.6 Å². The van der Waals surface area contributed by atoms with E-state index < -0.39 is 0 Å². The van der Waals surface area contributed by atoms with E-state index in [4.69, 9.17) is 0 Å². The van der Waals surface area contributed by atoms with Crippen LogP contribution in [-0.4, -0.2) is 11.6 Å². The van der Waals surface area contributed by atoms with Gasteiger partial charge in [0.1, 0.15) is 5.78 Å². The van der Waals surface area contributed by atoms with Crippen molar-refractivity contribution in [2.24, 2.45) is 34.5 Å². The Kier molecular flexibility index (Phi) is 2.67. The molecule has 0 saturated heterocycles. The molecule has 2 heteroatoms. The SMILES string of the molecule is C[C@H]1C2=CC(=O)CC[C@]2(C)[C@H]2CC[C@@]3(C)C(=O)CC[C@H]3[C@@H]12. The van der Waals surface area contributed by atoms with Gasteiger partial charge in [-0.15, -0.1) is 0 Å². The standard InChI is InChI=1S/C19H26O2/c1-11-15-10-12(20)6-8-18(15,2)14-7-9-19(3)13(17(11)14)4-5-16(19)21/h10-11,13-14,17H,4-9H2,1-3H3/t11-,13-,14-,17+,18+,19+/m0/s1. The number of Topliss-reactive ketones (excluding diaryl/α,β-unsaturated/α-hetero) is 1. The molecule has 4 aliphatic rings. The zero-order valence-corrected chi connectivity index (χ0v) is 13.4. The molecule has 0 bridgehead atoms. The van der Waals surface area contributed by atoms with Gasteiger partial charge in [-0.05, 0) is 60.8 Å². The molecule has 4 rings (SSSR count). The fraction of sp³-hybridized carbons (Fsp3) is 0.789. The first-order valence-corrected chi connectivity index (χ1v) is 8.66. The van der Waals surface area contributed by atoms with E-state index in [0.717, 1.165) is 32.1 Å². The second-order valence-corrected chi connectivity index (χ2v) is 8.48. The van der Waals surface area contributed by atoms with Gasteiger partial charge in [0, 0.05) is 18.3 Å². The lowest BCUT2D eigenvalue weighted by atomic mass is 9.56. The predicted octanol–water partition coefficient (Wildman–Crippen LogP) is 3.94. The van der Waals surface area contributed by atoms with Crippen LogP contribution in [0.1, 0.15) is 59.3 Å². The highest BCUT2D eigenvalue weighted by molar-refractivity contribution is 5.92. The topological polar surface area (TPSA) is 34.1 Å². The van der Waals surface area contributed by atoms with E-state index in [-0.39, 0.29) is 10.8 Å². The molecule has 0 amide bonds. The minimum absolute atomic E-state index is 0.0656. The lowest BCUT2D eigenvalue weighted by Crippen LogP contribution is -2.43. The molecule has 0 aromatic carbocycles. The molecular weight excluding hydrogens is 260 g/mol. The molecule has 0 heterocycles. The number of hydrogen-bond acceptors (Lipinski definition) is 2. The fourth-order valence-corrected chi connectivity index (χ4v) is 6.60. The highest BCUT2D eigenvalue weighted by Crippen LogP contribution is 2.68. The average Bonchev–Trinajstić information content (AvgIpc) is 2.86. The van der Waals surface area contributed by atoms with Gasteiger partial charge in [0.25, 0.3) is 0 Å².